The molecule has 3 rings (SSSR count). The molecule has 0 aliphatic carbocycles. The summed E-state index contributed by atoms with van der Waals surface area (Å²) < 4.78 is 11.4. The van der Waals surface area contributed by atoms with Gasteiger partial charge >= 0.3 is 0 Å². The second-order valence-electron chi connectivity index (χ2n) is 5.32. The third-order valence-corrected chi connectivity index (χ3v) is 4.12. The summed E-state index contributed by atoms with van der Waals surface area (Å²) in [5.41, 5.74) is 1.40. The van der Waals surface area contributed by atoms with Crippen LogP contribution >= 0.6 is 11.3 Å². The first-order valence-corrected chi connectivity index (χ1v) is 8.87. The Morgan fingerprint density at radius 2 is 2.08 bits per heavy atom. The number of aromatic nitrogens is 3. The highest BCUT2D eigenvalue weighted by Gasteiger charge is 2.13. The van der Waals surface area contributed by atoms with Crippen molar-refractivity contribution >= 4 is 22.4 Å². The summed E-state index contributed by atoms with van der Waals surface area (Å²) in [6, 6.07) is 8.85. The Bertz CT molecular complexity index is 883. The Balaban J connectivity index is 1.74. The Kier molecular flexibility index (Phi) is 5.75. The van der Waals surface area contributed by atoms with E-state index in [9.17, 15) is 4.79 Å². The Morgan fingerprint density at radius 1 is 1.19 bits per heavy atom. The van der Waals surface area contributed by atoms with E-state index < -0.39 is 0 Å². The monoisotopic (exact) mass is 370 g/mol. The maximum atomic E-state index is 12.4. The third kappa shape index (κ3) is 4.54. The van der Waals surface area contributed by atoms with Crippen molar-refractivity contribution in [2.24, 2.45) is 0 Å². The van der Waals surface area contributed by atoms with E-state index in [1.807, 2.05) is 26.0 Å². The first kappa shape index (κ1) is 17.8. The summed E-state index contributed by atoms with van der Waals surface area (Å²) in [5.74, 6) is 0.803. The number of nitrogens with one attached hydrogen (secondary N) is 1. The molecule has 1 aromatic carbocycles. The molecule has 1 amide bonds. The molecular formula is C18H18N4O3S. The Morgan fingerprint density at radius 3 is 2.77 bits per heavy atom. The average Bonchev–Trinajstić information content (AvgIpc) is 3.06. The number of ether oxygens (including phenoxy) is 2. The number of amides is 1. The fourth-order valence-corrected chi connectivity index (χ4v) is 2.78. The largest absolute Gasteiger partial charge is 0.490 e. The van der Waals surface area contributed by atoms with Crippen molar-refractivity contribution in [1.82, 2.24) is 15.2 Å². The van der Waals surface area contributed by atoms with Gasteiger partial charge in [-0.2, -0.15) is 0 Å². The standard InChI is InChI=1S/C18H18N4O3S/c1-3-24-16-9-14(17(23)20-18-22-21-12(2)26-18)6-7-15(16)25-11-13-5-4-8-19-10-13/h4-10H,3,11H2,1-2H3,(H,20,22,23). The van der Waals surface area contributed by atoms with Gasteiger partial charge in [0.05, 0.1) is 6.61 Å². The molecule has 0 saturated carbocycles. The number of carbonyl (C=O) groups excluding carboxylic acids is 1. The molecule has 134 valence electrons. The topological polar surface area (TPSA) is 86.2 Å². The highest BCUT2D eigenvalue weighted by molar-refractivity contribution is 7.15. The van der Waals surface area contributed by atoms with E-state index in [4.69, 9.17) is 9.47 Å². The van der Waals surface area contributed by atoms with Crippen LogP contribution in [0, 0.1) is 6.92 Å². The van der Waals surface area contributed by atoms with E-state index in [0.717, 1.165) is 10.6 Å². The lowest BCUT2D eigenvalue weighted by molar-refractivity contribution is 0.102. The van der Waals surface area contributed by atoms with Crippen LogP contribution in [-0.2, 0) is 6.61 Å². The normalized spacial score (nSPS) is 10.4. The molecular weight excluding hydrogens is 352 g/mol. The van der Waals surface area contributed by atoms with Gasteiger partial charge in [0, 0.05) is 23.5 Å². The van der Waals surface area contributed by atoms with Crippen LogP contribution in [-0.4, -0.2) is 27.7 Å². The quantitative estimate of drug-likeness (QED) is 0.685. The van der Waals surface area contributed by atoms with E-state index >= 15 is 0 Å². The molecule has 1 N–H and O–H groups in total. The van der Waals surface area contributed by atoms with Crippen LogP contribution in [0.3, 0.4) is 0 Å². The van der Waals surface area contributed by atoms with Gasteiger partial charge in [-0.15, -0.1) is 10.2 Å². The summed E-state index contributed by atoms with van der Waals surface area (Å²) in [5, 5.41) is 11.8. The first-order chi connectivity index (χ1) is 12.7. The van der Waals surface area contributed by atoms with Crippen LogP contribution in [0.2, 0.25) is 0 Å². The Labute approximate surface area is 155 Å². The number of hydrogen-bond donors (Lipinski definition) is 1. The minimum absolute atomic E-state index is 0.277. The number of carbonyl (C=O) groups is 1. The molecule has 0 atom stereocenters. The summed E-state index contributed by atoms with van der Waals surface area (Å²) in [7, 11) is 0. The molecule has 0 saturated heterocycles. The average molecular weight is 370 g/mol. The molecule has 0 radical (unpaired) electrons. The van der Waals surface area contributed by atoms with Crippen LogP contribution in [0.5, 0.6) is 11.5 Å². The lowest BCUT2D eigenvalue weighted by atomic mass is 10.2. The first-order valence-electron chi connectivity index (χ1n) is 8.05. The minimum atomic E-state index is -0.277. The van der Waals surface area contributed by atoms with Crippen molar-refractivity contribution in [1.29, 1.82) is 0 Å². The maximum Gasteiger partial charge on any atom is 0.257 e. The van der Waals surface area contributed by atoms with Crippen molar-refractivity contribution in [3.63, 3.8) is 0 Å². The SMILES string of the molecule is CCOc1cc(C(=O)Nc2nnc(C)s2)ccc1OCc1cccnc1. The van der Waals surface area contributed by atoms with E-state index in [0.29, 0.717) is 35.4 Å². The Hall–Kier alpha value is -3.00. The number of aryl methyl sites for hydroxylation is 1. The van der Waals surface area contributed by atoms with Gasteiger partial charge in [-0.05, 0) is 38.1 Å². The van der Waals surface area contributed by atoms with E-state index in [1.165, 1.54) is 11.3 Å². The molecule has 0 bridgehead atoms. The van der Waals surface area contributed by atoms with Gasteiger partial charge in [-0.3, -0.25) is 15.1 Å². The molecule has 0 unspecified atom stereocenters. The van der Waals surface area contributed by atoms with Gasteiger partial charge in [-0.1, -0.05) is 17.4 Å². The maximum absolute atomic E-state index is 12.4. The number of hydrogen-bond acceptors (Lipinski definition) is 7. The van der Waals surface area contributed by atoms with Gasteiger partial charge in [0.15, 0.2) is 11.5 Å². The van der Waals surface area contributed by atoms with E-state index in [-0.39, 0.29) is 5.91 Å². The summed E-state index contributed by atoms with van der Waals surface area (Å²) in [6.07, 6.45) is 3.45. The van der Waals surface area contributed by atoms with Crippen molar-refractivity contribution in [3.8, 4) is 11.5 Å². The van der Waals surface area contributed by atoms with Crippen molar-refractivity contribution in [2.75, 3.05) is 11.9 Å². The number of benzene rings is 1. The molecule has 0 spiro atoms. The number of rotatable bonds is 7. The minimum Gasteiger partial charge on any atom is -0.490 e. The van der Waals surface area contributed by atoms with Crippen LogP contribution < -0.4 is 14.8 Å². The van der Waals surface area contributed by atoms with Gasteiger partial charge in [-0.25, -0.2) is 0 Å². The molecule has 0 fully saturated rings. The highest BCUT2D eigenvalue weighted by atomic mass is 32.1. The molecule has 0 aliphatic rings. The predicted octanol–water partition coefficient (Wildman–Crippen LogP) is 3.47. The third-order valence-electron chi connectivity index (χ3n) is 3.37. The van der Waals surface area contributed by atoms with Crippen molar-refractivity contribution in [2.45, 2.75) is 20.5 Å². The van der Waals surface area contributed by atoms with Crippen molar-refractivity contribution < 1.29 is 14.3 Å². The fraction of sp³-hybridized carbons (Fsp3) is 0.222. The van der Waals surface area contributed by atoms with Crippen LogP contribution in [0.1, 0.15) is 27.9 Å². The second kappa shape index (κ2) is 8.39. The summed E-state index contributed by atoms with van der Waals surface area (Å²) in [4.78, 5) is 16.5. The molecule has 2 heterocycles. The summed E-state index contributed by atoms with van der Waals surface area (Å²) >= 11 is 1.32. The predicted molar refractivity (Wildman–Crippen MR) is 98.8 cm³/mol. The fourth-order valence-electron chi connectivity index (χ4n) is 2.20. The number of anilines is 1. The molecule has 0 aliphatic heterocycles. The smallest absolute Gasteiger partial charge is 0.257 e. The lowest BCUT2D eigenvalue weighted by Gasteiger charge is -2.13. The molecule has 26 heavy (non-hydrogen) atoms. The van der Waals surface area contributed by atoms with Crippen LogP contribution in [0.25, 0.3) is 0 Å². The van der Waals surface area contributed by atoms with Gasteiger partial charge < -0.3 is 9.47 Å². The highest BCUT2D eigenvalue weighted by Crippen LogP contribution is 2.29. The second-order valence-corrected chi connectivity index (χ2v) is 6.51. The van der Waals surface area contributed by atoms with E-state index in [1.54, 1.807) is 30.6 Å². The van der Waals surface area contributed by atoms with E-state index in [2.05, 4.69) is 20.5 Å². The van der Waals surface area contributed by atoms with Gasteiger partial charge in [0.25, 0.3) is 5.91 Å². The zero-order valence-electron chi connectivity index (χ0n) is 14.4. The summed E-state index contributed by atoms with van der Waals surface area (Å²) in [6.45, 7) is 4.53. The van der Waals surface area contributed by atoms with Crippen molar-refractivity contribution in [3.05, 3.63) is 58.9 Å². The molecule has 8 heteroatoms. The zero-order chi connectivity index (χ0) is 18.4. The molecule has 7 nitrogen and oxygen atoms in total. The zero-order valence-corrected chi connectivity index (χ0v) is 15.2. The lowest BCUT2D eigenvalue weighted by Crippen LogP contribution is -2.12. The van der Waals surface area contributed by atoms with Crippen LogP contribution in [0.4, 0.5) is 5.13 Å². The van der Waals surface area contributed by atoms with Gasteiger partial charge in [0.2, 0.25) is 5.13 Å². The van der Waals surface area contributed by atoms with Crippen LogP contribution in [0.15, 0.2) is 42.7 Å². The number of pyridine rings is 1. The molecule has 2 aromatic heterocycles. The number of nitrogens with zero attached hydrogens (tertiary/aromatic N) is 3. The van der Waals surface area contributed by atoms with Gasteiger partial charge in [0.1, 0.15) is 11.6 Å². The molecule has 3 aromatic rings.